The number of rotatable bonds is 3. The van der Waals surface area contributed by atoms with E-state index in [0.717, 1.165) is 11.8 Å². The highest BCUT2D eigenvalue weighted by atomic mass is 16.5. The number of aliphatic hydroxyl groups is 1. The van der Waals surface area contributed by atoms with Gasteiger partial charge in [0.1, 0.15) is 5.75 Å². The Labute approximate surface area is 88.2 Å². The molecule has 1 amide bonds. The highest BCUT2D eigenvalue weighted by Gasteiger charge is 1.99. The maximum atomic E-state index is 11.2. The van der Waals surface area contributed by atoms with Gasteiger partial charge in [-0.25, -0.2) is 0 Å². The van der Waals surface area contributed by atoms with Crippen LogP contribution in [-0.2, 0) is 4.79 Å². The molecular weight excluding hydrogens is 194 g/mol. The van der Waals surface area contributed by atoms with Gasteiger partial charge in [0.05, 0.1) is 12.9 Å². The van der Waals surface area contributed by atoms with Crippen molar-refractivity contribution in [1.29, 1.82) is 0 Å². The van der Waals surface area contributed by atoms with Gasteiger partial charge in [0, 0.05) is 11.8 Å². The number of hydrogen-bond acceptors (Lipinski definition) is 3. The summed E-state index contributed by atoms with van der Waals surface area (Å²) in [5, 5.41) is 11.5. The lowest BCUT2D eigenvalue weighted by Crippen LogP contribution is -2.08. The van der Waals surface area contributed by atoms with Crippen molar-refractivity contribution >= 4 is 11.6 Å². The summed E-state index contributed by atoms with van der Waals surface area (Å²) in [6, 6.07) is 6.92. The van der Waals surface area contributed by atoms with Gasteiger partial charge in [-0.2, -0.15) is 0 Å². The van der Waals surface area contributed by atoms with E-state index in [9.17, 15) is 4.79 Å². The van der Waals surface area contributed by atoms with Crippen molar-refractivity contribution in [3.05, 3.63) is 36.1 Å². The highest BCUT2D eigenvalue weighted by Crippen LogP contribution is 2.14. The first kappa shape index (κ1) is 11.1. The van der Waals surface area contributed by atoms with Crippen LogP contribution < -0.4 is 10.1 Å². The first-order chi connectivity index (χ1) is 7.11. The molecule has 0 aliphatic rings. The van der Waals surface area contributed by atoms with E-state index < -0.39 is 0 Å². The molecule has 0 unspecified atom stereocenters. The van der Waals surface area contributed by atoms with E-state index in [1.54, 1.807) is 31.4 Å². The average molecular weight is 207 g/mol. The predicted octanol–water partition coefficient (Wildman–Crippen LogP) is 2.10. The molecule has 4 heteroatoms. The molecule has 0 saturated carbocycles. The van der Waals surface area contributed by atoms with Crippen molar-refractivity contribution < 1.29 is 14.6 Å². The van der Waals surface area contributed by atoms with Gasteiger partial charge in [-0.3, -0.25) is 4.79 Å². The molecule has 1 aromatic rings. The van der Waals surface area contributed by atoms with Crippen LogP contribution in [0.2, 0.25) is 0 Å². The van der Waals surface area contributed by atoms with Crippen molar-refractivity contribution in [3.8, 4) is 5.75 Å². The van der Waals surface area contributed by atoms with E-state index in [2.05, 4.69) is 5.32 Å². The zero-order valence-electron chi connectivity index (χ0n) is 8.65. The lowest BCUT2D eigenvalue weighted by molar-refractivity contribution is -0.112. The zero-order chi connectivity index (χ0) is 11.3. The van der Waals surface area contributed by atoms with Crippen molar-refractivity contribution in [3.63, 3.8) is 0 Å². The van der Waals surface area contributed by atoms with Gasteiger partial charge in [0.25, 0.3) is 5.91 Å². The second-order valence-corrected chi connectivity index (χ2v) is 3.00. The van der Waals surface area contributed by atoms with E-state index in [-0.39, 0.29) is 11.7 Å². The fourth-order valence-electron chi connectivity index (χ4n) is 1.04. The molecule has 0 bridgehead atoms. The Balaban J connectivity index is 2.65. The molecule has 0 saturated heterocycles. The van der Waals surface area contributed by atoms with Gasteiger partial charge in [0.15, 0.2) is 0 Å². The number of ether oxygens (including phenoxy) is 1. The van der Waals surface area contributed by atoms with Crippen LogP contribution in [0.3, 0.4) is 0 Å². The largest absolute Gasteiger partial charge is 0.512 e. The summed E-state index contributed by atoms with van der Waals surface area (Å²) < 4.78 is 4.97. The van der Waals surface area contributed by atoms with Gasteiger partial charge in [-0.15, -0.1) is 0 Å². The summed E-state index contributed by atoms with van der Waals surface area (Å²) in [6.07, 6.45) is 1.12. The molecule has 0 aromatic heterocycles. The maximum absolute atomic E-state index is 11.2. The Morgan fingerprint density at radius 3 is 2.47 bits per heavy atom. The van der Waals surface area contributed by atoms with Crippen molar-refractivity contribution in [2.75, 3.05) is 12.4 Å². The number of methoxy groups -OCH3 is 1. The van der Waals surface area contributed by atoms with Crippen LogP contribution in [0.1, 0.15) is 6.92 Å². The smallest absolute Gasteiger partial charge is 0.251 e. The van der Waals surface area contributed by atoms with Crippen molar-refractivity contribution in [1.82, 2.24) is 0 Å². The van der Waals surface area contributed by atoms with Gasteiger partial charge >= 0.3 is 0 Å². The summed E-state index contributed by atoms with van der Waals surface area (Å²) in [7, 11) is 1.57. The lowest BCUT2D eigenvalue weighted by atomic mass is 10.3. The van der Waals surface area contributed by atoms with E-state index in [1.807, 2.05) is 0 Å². The second kappa shape index (κ2) is 5.05. The van der Waals surface area contributed by atoms with Crippen molar-refractivity contribution in [2.45, 2.75) is 6.92 Å². The van der Waals surface area contributed by atoms with Gasteiger partial charge in [-0.1, -0.05) is 0 Å². The normalized spacial score (nSPS) is 10.9. The Morgan fingerprint density at radius 2 is 2.00 bits per heavy atom. The molecule has 0 heterocycles. The molecule has 80 valence electrons. The number of hydrogen-bond donors (Lipinski definition) is 2. The standard InChI is InChI=1S/C11H13NO3/c1-8(13)7-11(14)12-9-3-5-10(15-2)6-4-9/h3-7,13H,1-2H3,(H,12,14)/b8-7-. The number of aliphatic hydroxyl groups excluding tert-OH is 1. The summed E-state index contributed by atoms with van der Waals surface area (Å²) in [5.41, 5.74) is 0.651. The number of carbonyl (C=O) groups excluding carboxylic acids is 1. The van der Waals surface area contributed by atoms with Crippen LogP contribution in [0.25, 0.3) is 0 Å². The Bertz CT molecular complexity index is 364. The summed E-state index contributed by atoms with van der Waals surface area (Å²) in [5.74, 6) is 0.336. The molecule has 15 heavy (non-hydrogen) atoms. The zero-order valence-corrected chi connectivity index (χ0v) is 8.65. The summed E-state index contributed by atoms with van der Waals surface area (Å²) in [4.78, 5) is 11.2. The van der Waals surface area contributed by atoms with E-state index in [1.165, 1.54) is 6.92 Å². The fraction of sp³-hybridized carbons (Fsp3) is 0.182. The minimum Gasteiger partial charge on any atom is -0.512 e. The molecule has 0 radical (unpaired) electrons. The van der Waals surface area contributed by atoms with E-state index in [0.29, 0.717) is 5.69 Å². The molecule has 0 spiro atoms. The third-order valence-electron chi connectivity index (χ3n) is 1.70. The first-order valence-corrected chi connectivity index (χ1v) is 4.44. The van der Waals surface area contributed by atoms with Crippen LogP contribution >= 0.6 is 0 Å². The topological polar surface area (TPSA) is 58.6 Å². The van der Waals surface area contributed by atoms with E-state index in [4.69, 9.17) is 9.84 Å². The number of benzene rings is 1. The van der Waals surface area contributed by atoms with Crippen molar-refractivity contribution in [2.24, 2.45) is 0 Å². The SMILES string of the molecule is COc1ccc(NC(=O)/C=C(/C)O)cc1. The molecule has 0 aliphatic heterocycles. The lowest BCUT2D eigenvalue weighted by Gasteiger charge is -2.03. The van der Waals surface area contributed by atoms with Gasteiger partial charge in [-0.05, 0) is 31.2 Å². The van der Waals surface area contributed by atoms with Crippen LogP contribution in [-0.4, -0.2) is 18.1 Å². The number of carbonyl (C=O) groups is 1. The molecule has 0 fully saturated rings. The van der Waals surface area contributed by atoms with Crippen LogP contribution in [0.5, 0.6) is 5.75 Å². The van der Waals surface area contributed by atoms with Crippen LogP contribution in [0.4, 0.5) is 5.69 Å². The van der Waals surface area contributed by atoms with Crippen LogP contribution in [0.15, 0.2) is 36.1 Å². The number of nitrogens with one attached hydrogen (secondary N) is 1. The minimum atomic E-state index is -0.361. The summed E-state index contributed by atoms with van der Waals surface area (Å²) >= 11 is 0. The summed E-state index contributed by atoms with van der Waals surface area (Å²) in [6.45, 7) is 1.44. The number of anilines is 1. The Hall–Kier alpha value is -1.97. The third kappa shape index (κ3) is 3.72. The Kier molecular flexibility index (Phi) is 3.74. The molecule has 1 aromatic carbocycles. The fourth-order valence-corrected chi connectivity index (χ4v) is 1.04. The monoisotopic (exact) mass is 207 g/mol. The quantitative estimate of drug-likeness (QED) is 0.589. The second-order valence-electron chi connectivity index (χ2n) is 3.00. The third-order valence-corrected chi connectivity index (χ3v) is 1.70. The maximum Gasteiger partial charge on any atom is 0.251 e. The first-order valence-electron chi connectivity index (χ1n) is 4.44. The molecule has 2 N–H and O–H groups in total. The molecule has 1 rings (SSSR count). The average Bonchev–Trinajstić information content (AvgIpc) is 2.17. The van der Waals surface area contributed by atoms with E-state index >= 15 is 0 Å². The molecule has 0 aliphatic carbocycles. The number of allylic oxidation sites excluding steroid dienone is 1. The number of amides is 1. The highest BCUT2D eigenvalue weighted by molar-refractivity contribution is 5.99. The molecular formula is C11H13NO3. The minimum absolute atomic E-state index is 0.0268. The molecule has 4 nitrogen and oxygen atoms in total. The molecule has 0 atom stereocenters. The predicted molar refractivity (Wildman–Crippen MR) is 58.0 cm³/mol. The Morgan fingerprint density at radius 1 is 1.40 bits per heavy atom. The van der Waals surface area contributed by atoms with Gasteiger partial charge < -0.3 is 15.2 Å². The van der Waals surface area contributed by atoms with Crippen LogP contribution in [0, 0.1) is 0 Å². The van der Waals surface area contributed by atoms with Gasteiger partial charge in [0.2, 0.25) is 0 Å².